The van der Waals surface area contributed by atoms with Gasteiger partial charge < -0.3 is 29.4 Å². The SMILES string of the molecule is C=CCON=C(CCC)C1=C(c2c(C(=O)O)ccc(C(=O)O)c2C2=C(C(CCC)=NOCC=C)C(=O)C(C(=O)OC)C(C)(C)C2)CC(C)(C)C(C(=O)OC)C1=O. The van der Waals surface area contributed by atoms with E-state index in [4.69, 9.17) is 19.1 Å². The molecule has 0 aromatic heterocycles. The Hall–Kier alpha value is -5.66. The molecule has 2 N–H and O–H groups in total. The van der Waals surface area contributed by atoms with Gasteiger partial charge in [0.1, 0.15) is 25.0 Å². The number of carboxylic acid groups (broad SMARTS) is 2. The van der Waals surface area contributed by atoms with Crippen LogP contribution in [0.5, 0.6) is 0 Å². The van der Waals surface area contributed by atoms with Gasteiger partial charge in [-0.3, -0.25) is 19.2 Å². The van der Waals surface area contributed by atoms with Gasteiger partial charge in [0, 0.05) is 22.3 Å². The topological polar surface area (TPSA) is 205 Å². The molecule has 14 heteroatoms. The molecule has 0 aliphatic heterocycles. The number of esters is 2. The van der Waals surface area contributed by atoms with E-state index in [-0.39, 0.29) is 94.9 Å². The Bertz CT molecular complexity index is 1790. The van der Waals surface area contributed by atoms with Crippen LogP contribution in [0, 0.1) is 22.7 Å². The lowest BCUT2D eigenvalue weighted by molar-refractivity contribution is -0.155. The van der Waals surface area contributed by atoms with Crippen LogP contribution in [-0.4, -0.2) is 84.5 Å². The van der Waals surface area contributed by atoms with Gasteiger partial charge in [0.05, 0.1) is 36.8 Å². The van der Waals surface area contributed by atoms with E-state index in [9.17, 15) is 39.0 Å². The molecule has 0 radical (unpaired) electrons. The van der Waals surface area contributed by atoms with Crippen molar-refractivity contribution >= 4 is 58.0 Å². The summed E-state index contributed by atoms with van der Waals surface area (Å²) in [5.41, 5.74) is -3.46. The highest BCUT2D eigenvalue weighted by Gasteiger charge is 2.52. The zero-order valence-corrected chi connectivity index (χ0v) is 33.4. The predicted molar refractivity (Wildman–Crippen MR) is 209 cm³/mol. The summed E-state index contributed by atoms with van der Waals surface area (Å²) in [5.74, 6) is -8.75. The number of hydrogen-bond donors (Lipinski definition) is 2. The molecular formula is C42H52N2O12. The largest absolute Gasteiger partial charge is 0.478 e. The number of aromatic carboxylic acids is 2. The standard InChI is InChI=1S/C42H52N2O12/c1-11-15-27(43-55-19-13-3)31-25(21-41(5,6)33(35(31)45)39(51)53-9)29-23(37(47)48)17-18-24(38(49)50)30(29)26-22-42(7,8)34(40(52)54-10)36(46)32(26)28(16-12-2)44-56-20-14-4/h13-14,17-18,33-34H,3-4,11-12,15-16,19-22H2,1-2,5-10H3,(H,47,48)(H,49,50). The monoisotopic (exact) mass is 776 g/mol. The second-order valence-electron chi connectivity index (χ2n) is 14.9. The summed E-state index contributed by atoms with van der Waals surface area (Å²) in [6.07, 6.45) is 3.75. The summed E-state index contributed by atoms with van der Waals surface area (Å²) in [6, 6.07) is 2.26. The molecule has 0 spiro atoms. The number of rotatable bonds is 18. The Kier molecular flexibility index (Phi) is 15.0. The Morgan fingerprint density at radius 3 is 1.32 bits per heavy atom. The second-order valence-corrected chi connectivity index (χ2v) is 14.9. The zero-order chi connectivity index (χ0) is 42.1. The number of allylic oxidation sites excluding steroid dienone is 4. The quantitative estimate of drug-likeness (QED) is 0.0391. The van der Waals surface area contributed by atoms with Crippen LogP contribution in [0.3, 0.4) is 0 Å². The number of carboxylic acids is 2. The molecule has 0 bridgehead atoms. The van der Waals surface area contributed by atoms with Crippen molar-refractivity contribution in [3.8, 4) is 0 Å². The van der Waals surface area contributed by atoms with Gasteiger partial charge in [0.25, 0.3) is 0 Å². The molecule has 2 aliphatic rings. The molecule has 56 heavy (non-hydrogen) atoms. The first-order chi connectivity index (χ1) is 26.4. The van der Waals surface area contributed by atoms with Crippen molar-refractivity contribution < 1.29 is 58.1 Å². The summed E-state index contributed by atoms with van der Waals surface area (Å²) < 4.78 is 10.2. The van der Waals surface area contributed by atoms with Crippen LogP contribution in [0.25, 0.3) is 11.1 Å². The lowest BCUT2D eigenvalue weighted by atomic mass is 9.60. The number of methoxy groups -OCH3 is 2. The van der Waals surface area contributed by atoms with Crippen LogP contribution in [0.2, 0.25) is 0 Å². The second kappa shape index (κ2) is 18.8. The third kappa shape index (κ3) is 9.06. The van der Waals surface area contributed by atoms with E-state index in [1.807, 2.05) is 13.8 Å². The normalized spacial score (nSPS) is 19.6. The van der Waals surface area contributed by atoms with E-state index < -0.39 is 58.1 Å². The van der Waals surface area contributed by atoms with Gasteiger partial charge in [-0.15, -0.1) is 0 Å². The maximum atomic E-state index is 14.8. The Morgan fingerprint density at radius 1 is 0.714 bits per heavy atom. The highest BCUT2D eigenvalue weighted by Crippen LogP contribution is 2.52. The average molecular weight is 777 g/mol. The predicted octanol–water partition coefficient (Wildman–Crippen LogP) is 6.88. The van der Waals surface area contributed by atoms with Gasteiger partial charge in [0.2, 0.25) is 0 Å². The van der Waals surface area contributed by atoms with Crippen molar-refractivity contribution in [2.45, 2.75) is 80.1 Å². The van der Waals surface area contributed by atoms with Crippen LogP contribution in [0.4, 0.5) is 0 Å². The molecule has 3 rings (SSSR count). The fourth-order valence-corrected chi connectivity index (χ4v) is 7.56. The third-order valence-corrected chi connectivity index (χ3v) is 9.88. The first-order valence-electron chi connectivity index (χ1n) is 18.3. The third-order valence-electron chi connectivity index (χ3n) is 9.88. The minimum absolute atomic E-state index is 0.0433. The number of ketones is 2. The van der Waals surface area contributed by atoms with E-state index in [0.29, 0.717) is 12.8 Å². The maximum Gasteiger partial charge on any atom is 0.336 e. The summed E-state index contributed by atoms with van der Waals surface area (Å²) in [7, 11) is 2.31. The molecule has 1 aromatic rings. The summed E-state index contributed by atoms with van der Waals surface area (Å²) in [6.45, 7) is 17.4. The Labute approximate surface area is 327 Å². The number of carbonyl (C=O) groups is 6. The number of oxime groups is 2. The summed E-state index contributed by atoms with van der Waals surface area (Å²) in [5, 5.41) is 30.2. The molecule has 1 aromatic carbocycles. The van der Waals surface area contributed by atoms with Crippen molar-refractivity contribution in [3.63, 3.8) is 0 Å². The van der Waals surface area contributed by atoms with Crippen LogP contribution >= 0.6 is 0 Å². The molecule has 2 atom stereocenters. The fraction of sp³-hybridized carbons (Fsp3) is 0.476. The van der Waals surface area contributed by atoms with E-state index in [2.05, 4.69) is 23.5 Å². The van der Waals surface area contributed by atoms with Gasteiger partial charge in [-0.2, -0.15) is 0 Å². The Morgan fingerprint density at radius 2 is 1.05 bits per heavy atom. The maximum absolute atomic E-state index is 14.8. The molecule has 0 heterocycles. The number of nitrogens with zero attached hydrogens (tertiary/aromatic N) is 2. The fourth-order valence-electron chi connectivity index (χ4n) is 7.56. The van der Waals surface area contributed by atoms with Crippen molar-refractivity contribution in [2.75, 3.05) is 27.4 Å². The van der Waals surface area contributed by atoms with E-state index in [1.165, 1.54) is 12.2 Å². The summed E-state index contributed by atoms with van der Waals surface area (Å²) >= 11 is 0. The Balaban J connectivity index is 2.84. The van der Waals surface area contributed by atoms with E-state index in [0.717, 1.165) is 26.4 Å². The molecule has 2 unspecified atom stereocenters. The van der Waals surface area contributed by atoms with Crippen molar-refractivity contribution in [3.05, 3.63) is 70.8 Å². The number of ether oxygens (including phenoxy) is 2. The minimum Gasteiger partial charge on any atom is -0.478 e. The molecule has 0 fully saturated rings. The van der Waals surface area contributed by atoms with Gasteiger partial charge in [-0.1, -0.05) is 90.0 Å². The van der Waals surface area contributed by atoms with Gasteiger partial charge in [-0.05, 0) is 59.8 Å². The molecule has 0 saturated carbocycles. The highest BCUT2D eigenvalue weighted by atomic mass is 16.6. The molecule has 302 valence electrons. The lowest BCUT2D eigenvalue weighted by Crippen LogP contribution is -2.45. The van der Waals surface area contributed by atoms with E-state index in [1.54, 1.807) is 27.7 Å². The van der Waals surface area contributed by atoms with Crippen molar-refractivity contribution in [1.29, 1.82) is 0 Å². The highest BCUT2D eigenvalue weighted by molar-refractivity contribution is 6.34. The van der Waals surface area contributed by atoms with Crippen LogP contribution in [-0.2, 0) is 38.3 Å². The van der Waals surface area contributed by atoms with Crippen molar-refractivity contribution in [1.82, 2.24) is 0 Å². The number of benzene rings is 1. The smallest absolute Gasteiger partial charge is 0.336 e. The molecule has 14 nitrogen and oxygen atoms in total. The van der Waals surface area contributed by atoms with Crippen molar-refractivity contribution in [2.24, 2.45) is 33.0 Å². The van der Waals surface area contributed by atoms with Crippen LogP contribution in [0.1, 0.15) is 112 Å². The van der Waals surface area contributed by atoms with Gasteiger partial charge in [0.15, 0.2) is 11.6 Å². The lowest BCUT2D eigenvalue weighted by Gasteiger charge is -2.41. The van der Waals surface area contributed by atoms with Gasteiger partial charge in [-0.25, -0.2) is 9.59 Å². The van der Waals surface area contributed by atoms with Crippen LogP contribution < -0.4 is 0 Å². The summed E-state index contributed by atoms with van der Waals surface area (Å²) in [4.78, 5) is 93.9. The average Bonchev–Trinajstić information content (AvgIpc) is 3.12. The minimum atomic E-state index is -1.46. The molecule has 0 amide bonds. The van der Waals surface area contributed by atoms with Gasteiger partial charge >= 0.3 is 23.9 Å². The number of carbonyl (C=O) groups excluding carboxylic acids is 4. The first-order valence-corrected chi connectivity index (χ1v) is 18.3. The zero-order valence-electron chi connectivity index (χ0n) is 33.4. The first kappa shape index (κ1) is 44.7. The number of hydrogen-bond acceptors (Lipinski definition) is 12. The van der Waals surface area contributed by atoms with Crippen LogP contribution in [0.15, 0.2) is 58.9 Å². The van der Waals surface area contributed by atoms with E-state index >= 15 is 0 Å². The molecular weight excluding hydrogens is 724 g/mol. The number of Topliss-reactive ketones (excluding diaryl/α,β-unsaturated/α-hetero) is 2. The molecule has 2 aliphatic carbocycles. The molecule has 0 saturated heterocycles.